The van der Waals surface area contributed by atoms with Gasteiger partial charge in [0.1, 0.15) is 0 Å². The predicted octanol–water partition coefficient (Wildman–Crippen LogP) is 3.15. The summed E-state index contributed by atoms with van der Waals surface area (Å²) in [6, 6.07) is 4.45. The van der Waals surface area contributed by atoms with Gasteiger partial charge < -0.3 is 14.7 Å². The Morgan fingerprint density at radius 1 is 1.24 bits per heavy atom. The fourth-order valence-electron chi connectivity index (χ4n) is 3.54. The Balaban J connectivity index is 0.000000370. The van der Waals surface area contributed by atoms with Crippen molar-refractivity contribution in [1.82, 2.24) is 9.80 Å². The highest BCUT2D eigenvalue weighted by atomic mass is 32.1. The molecular formula is C19H27F3N2O4S. The number of alkyl halides is 3. The molecule has 10 heteroatoms. The molecule has 0 atom stereocenters. The van der Waals surface area contributed by atoms with Crippen LogP contribution in [0.15, 0.2) is 12.1 Å². The predicted molar refractivity (Wildman–Crippen MR) is 103 cm³/mol. The molecule has 0 unspecified atom stereocenters. The summed E-state index contributed by atoms with van der Waals surface area (Å²) in [5.41, 5.74) is 0.171. The molecule has 2 saturated heterocycles. The van der Waals surface area contributed by atoms with Gasteiger partial charge >= 0.3 is 12.1 Å². The number of halogens is 3. The summed E-state index contributed by atoms with van der Waals surface area (Å²) in [5.74, 6) is -2.58. The molecule has 1 aromatic heterocycles. The lowest BCUT2D eigenvalue weighted by molar-refractivity contribution is -0.192. The number of hydrogen-bond donors (Lipinski definition) is 1. The van der Waals surface area contributed by atoms with E-state index in [0.717, 1.165) is 52.2 Å². The van der Waals surface area contributed by atoms with Crippen LogP contribution in [0.5, 0.6) is 0 Å². The number of carboxylic acid groups (broad SMARTS) is 1. The molecule has 0 aromatic carbocycles. The molecule has 0 radical (unpaired) electrons. The van der Waals surface area contributed by atoms with E-state index >= 15 is 0 Å². The molecule has 164 valence electrons. The first-order valence-corrected chi connectivity index (χ1v) is 10.2. The maximum absolute atomic E-state index is 11.7. The number of likely N-dealkylation sites (tertiary alicyclic amines) is 1. The Hall–Kier alpha value is -1.65. The van der Waals surface area contributed by atoms with Crippen molar-refractivity contribution >= 4 is 23.2 Å². The summed E-state index contributed by atoms with van der Waals surface area (Å²) < 4.78 is 37.6. The Labute approximate surface area is 172 Å². The smallest absolute Gasteiger partial charge is 0.475 e. The molecule has 2 fully saturated rings. The molecule has 0 bridgehead atoms. The summed E-state index contributed by atoms with van der Waals surface area (Å²) >= 11 is 1.90. The molecule has 1 aromatic rings. The number of carbonyl (C=O) groups is 2. The summed E-state index contributed by atoms with van der Waals surface area (Å²) in [4.78, 5) is 28.0. The average molecular weight is 436 g/mol. The molecule has 0 saturated carbocycles. The van der Waals surface area contributed by atoms with E-state index in [1.165, 1.54) is 9.75 Å². The van der Waals surface area contributed by atoms with E-state index < -0.39 is 12.1 Å². The molecule has 2 aliphatic rings. The molecule has 0 aliphatic carbocycles. The number of carboxylic acids is 1. The van der Waals surface area contributed by atoms with Gasteiger partial charge in [-0.05, 0) is 45.0 Å². The average Bonchev–Trinajstić information content (AvgIpc) is 2.92. The number of hydrogen-bond acceptors (Lipinski definition) is 5. The van der Waals surface area contributed by atoms with Crippen molar-refractivity contribution in [2.45, 2.75) is 39.4 Å². The summed E-state index contributed by atoms with van der Waals surface area (Å²) in [7, 11) is 0. The zero-order valence-electron chi connectivity index (χ0n) is 16.6. The van der Waals surface area contributed by atoms with E-state index in [-0.39, 0.29) is 11.3 Å². The Bertz CT molecular complexity index is 700. The topological polar surface area (TPSA) is 70.1 Å². The number of ether oxygens (including phenoxy) is 1. The van der Waals surface area contributed by atoms with Gasteiger partial charge in [0.15, 0.2) is 0 Å². The lowest BCUT2D eigenvalue weighted by Crippen LogP contribution is -2.47. The van der Waals surface area contributed by atoms with Crippen molar-refractivity contribution in [2.75, 3.05) is 39.4 Å². The highest BCUT2D eigenvalue weighted by molar-refractivity contribution is 7.11. The second-order valence-electron chi connectivity index (χ2n) is 7.58. The van der Waals surface area contributed by atoms with Gasteiger partial charge in [-0.3, -0.25) is 9.69 Å². The molecule has 29 heavy (non-hydrogen) atoms. The van der Waals surface area contributed by atoms with Crippen molar-refractivity contribution in [3.63, 3.8) is 0 Å². The third-order valence-electron chi connectivity index (χ3n) is 5.22. The van der Waals surface area contributed by atoms with E-state index in [9.17, 15) is 18.0 Å². The molecule has 1 spiro atoms. The zero-order chi connectivity index (χ0) is 21.7. The molecule has 1 amide bonds. The van der Waals surface area contributed by atoms with Gasteiger partial charge in [0.05, 0.1) is 13.2 Å². The highest BCUT2D eigenvalue weighted by Gasteiger charge is 2.39. The first-order valence-electron chi connectivity index (χ1n) is 9.42. The van der Waals surface area contributed by atoms with Crippen LogP contribution in [-0.4, -0.2) is 72.4 Å². The monoisotopic (exact) mass is 436 g/mol. The van der Waals surface area contributed by atoms with Gasteiger partial charge in [0.25, 0.3) is 0 Å². The Morgan fingerprint density at radius 3 is 2.34 bits per heavy atom. The van der Waals surface area contributed by atoms with Gasteiger partial charge in [0, 0.05) is 41.7 Å². The zero-order valence-corrected chi connectivity index (χ0v) is 17.4. The molecule has 1 N–H and O–H groups in total. The Kier molecular flexibility index (Phi) is 8.07. The van der Waals surface area contributed by atoms with E-state index in [4.69, 9.17) is 14.6 Å². The summed E-state index contributed by atoms with van der Waals surface area (Å²) in [5, 5.41) is 7.12. The van der Waals surface area contributed by atoms with Crippen LogP contribution in [0.4, 0.5) is 13.2 Å². The maximum Gasteiger partial charge on any atom is 0.490 e. The SMILES string of the molecule is CC(=O)N1CCOCC2(CCN(Cc3ccc(C)s3)CC2)C1.O=C(O)C(F)(F)F. The number of aryl methyl sites for hydroxylation is 1. The molecule has 6 nitrogen and oxygen atoms in total. The lowest BCUT2D eigenvalue weighted by atomic mass is 9.78. The van der Waals surface area contributed by atoms with Crippen LogP contribution in [0.1, 0.15) is 29.5 Å². The number of carbonyl (C=O) groups excluding carboxylic acids is 1. The highest BCUT2D eigenvalue weighted by Crippen LogP contribution is 2.35. The number of thiophene rings is 1. The van der Waals surface area contributed by atoms with Crippen LogP contribution >= 0.6 is 11.3 Å². The fraction of sp³-hybridized carbons (Fsp3) is 0.684. The van der Waals surface area contributed by atoms with Crippen LogP contribution in [0.25, 0.3) is 0 Å². The van der Waals surface area contributed by atoms with E-state index in [2.05, 4.69) is 24.0 Å². The maximum atomic E-state index is 11.7. The molecule has 3 rings (SSSR count). The van der Waals surface area contributed by atoms with Crippen molar-refractivity contribution in [3.05, 3.63) is 21.9 Å². The van der Waals surface area contributed by atoms with E-state index in [1.54, 1.807) is 6.92 Å². The fourth-order valence-corrected chi connectivity index (χ4v) is 4.47. The lowest BCUT2D eigenvalue weighted by Gasteiger charge is -2.42. The normalized spacial score (nSPS) is 20.0. The van der Waals surface area contributed by atoms with Gasteiger partial charge in [0.2, 0.25) is 5.91 Å². The van der Waals surface area contributed by atoms with Crippen molar-refractivity contribution < 1.29 is 32.6 Å². The van der Waals surface area contributed by atoms with E-state index in [1.807, 2.05) is 16.2 Å². The third-order valence-corrected chi connectivity index (χ3v) is 6.21. The number of amides is 1. The quantitative estimate of drug-likeness (QED) is 0.771. The summed E-state index contributed by atoms with van der Waals surface area (Å²) in [6.45, 7) is 10.2. The molecule has 2 aliphatic heterocycles. The van der Waals surface area contributed by atoms with Crippen molar-refractivity contribution in [3.8, 4) is 0 Å². The van der Waals surface area contributed by atoms with Crippen LogP contribution in [0.3, 0.4) is 0 Å². The minimum atomic E-state index is -5.08. The number of rotatable bonds is 2. The van der Waals surface area contributed by atoms with Crippen LogP contribution < -0.4 is 0 Å². The van der Waals surface area contributed by atoms with Crippen molar-refractivity contribution in [1.29, 1.82) is 0 Å². The third kappa shape index (κ3) is 7.27. The Morgan fingerprint density at radius 2 is 1.86 bits per heavy atom. The minimum absolute atomic E-state index is 0.171. The largest absolute Gasteiger partial charge is 0.490 e. The number of nitrogens with zero attached hydrogens (tertiary/aromatic N) is 2. The standard InChI is InChI=1S/C17H26N2O2S.C2HF3O2/c1-14-3-4-16(22-14)11-18-7-5-17(6-8-18)12-19(15(2)20)9-10-21-13-17;3-2(4,5)1(6)7/h3-4H,5-13H2,1-2H3;(H,6,7). The van der Waals surface area contributed by atoms with Gasteiger partial charge in [-0.1, -0.05) is 0 Å². The van der Waals surface area contributed by atoms with Gasteiger partial charge in [-0.25, -0.2) is 4.79 Å². The molecular weight excluding hydrogens is 409 g/mol. The summed E-state index contributed by atoms with van der Waals surface area (Å²) in [6.07, 6.45) is -2.83. The molecule has 3 heterocycles. The van der Waals surface area contributed by atoms with Crippen LogP contribution in [0, 0.1) is 12.3 Å². The second kappa shape index (κ2) is 9.90. The first-order chi connectivity index (χ1) is 13.5. The van der Waals surface area contributed by atoms with Gasteiger partial charge in [-0.15, -0.1) is 11.3 Å². The van der Waals surface area contributed by atoms with Crippen molar-refractivity contribution in [2.24, 2.45) is 5.41 Å². The number of piperidine rings is 1. The first kappa shape index (κ1) is 23.6. The second-order valence-corrected chi connectivity index (χ2v) is 8.96. The van der Waals surface area contributed by atoms with Gasteiger partial charge in [-0.2, -0.15) is 13.2 Å². The van der Waals surface area contributed by atoms with Crippen LogP contribution in [0.2, 0.25) is 0 Å². The number of aliphatic carboxylic acids is 1. The van der Waals surface area contributed by atoms with E-state index in [0.29, 0.717) is 6.61 Å². The van der Waals surface area contributed by atoms with Crippen LogP contribution in [-0.2, 0) is 20.9 Å². The minimum Gasteiger partial charge on any atom is -0.475 e.